The Kier molecular flexibility index (Phi) is 4.51. The molecule has 1 saturated carbocycles. The van der Waals surface area contributed by atoms with E-state index in [1.165, 1.54) is 24.8 Å². The minimum atomic E-state index is -0.180. The quantitative estimate of drug-likeness (QED) is 0.895. The summed E-state index contributed by atoms with van der Waals surface area (Å²) < 4.78 is 0. The Labute approximate surface area is 131 Å². The fraction of sp³-hybridized carbons (Fsp3) is 0.588. The van der Waals surface area contributed by atoms with Crippen LogP contribution in [0.5, 0.6) is 0 Å². The van der Waals surface area contributed by atoms with Gasteiger partial charge in [0.25, 0.3) is 0 Å². The minimum Gasteiger partial charge on any atom is -0.347 e. The molecule has 1 aromatic carbocycles. The molecule has 2 fully saturated rings. The molecule has 0 spiro atoms. The third-order valence-electron chi connectivity index (χ3n) is 4.83. The van der Waals surface area contributed by atoms with Gasteiger partial charge in [-0.2, -0.15) is 0 Å². The number of halogens is 1. The van der Waals surface area contributed by atoms with Crippen LogP contribution in [0.2, 0.25) is 5.02 Å². The molecule has 2 aliphatic rings. The van der Waals surface area contributed by atoms with Crippen molar-refractivity contribution in [1.29, 1.82) is 0 Å². The first kappa shape index (κ1) is 14.9. The number of carbonyl (C=O) groups is 1. The molecule has 1 atom stereocenters. The Morgan fingerprint density at radius 3 is 2.57 bits per heavy atom. The van der Waals surface area contributed by atoms with Crippen LogP contribution in [0.25, 0.3) is 0 Å². The first-order valence-corrected chi connectivity index (χ1v) is 8.36. The molecule has 0 radical (unpaired) electrons. The van der Waals surface area contributed by atoms with E-state index >= 15 is 0 Å². The maximum atomic E-state index is 12.4. The van der Waals surface area contributed by atoms with E-state index in [1.807, 2.05) is 12.1 Å². The maximum absolute atomic E-state index is 12.4. The summed E-state index contributed by atoms with van der Waals surface area (Å²) in [5.41, 5.74) is 1.01. The van der Waals surface area contributed by atoms with Crippen molar-refractivity contribution in [3.05, 3.63) is 34.9 Å². The monoisotopic (exact) mass is 306 g/mol. The van der Waals surface area contributed by atoms with E-state index in [2.05, 4.69) is 22.8 Å². The highest BCUT2D eigenvalue weighted by atomic mass is 35.5. The van der Waals surface area contributed by atoms with Gasteiger partial charge in [0, 0.05) is 17.5 Å². The molecule has 2 N–H and O–H groups in total. The average molecular weight is 307 g/mol. The van der Waals surface area contributed by atoms with Crippen molar-refractivity contribution in [2.75, 3.05) is 6.54 Å². The summed E-state index contributed by atoms with van der Waals surface area (Å²) in [7, 11) is 0. The van der Waals surface area contributed by atoms with Crippen molar-refractivity contribution >= 4 is 17.5 Å². The fourth-order valence-corrected chi connectivity index (χ4v) is 3.83. The maximum Gasteiger partial charge on any atom is 0.222 e. The Bertz CT molecular complexity index is 488. The molecule has 1 aliphatic heterocycles. The molecule has 0 aromatic heterocycles. The summed E-state index contributed by atoms with van der Waals surface area (Å²) in [5, 5.41) is 7.47. The van der Waals surface area contributed by atoms with Crippen molar-refractivity contribution in [1.82, 2.24) is 10.6 Å². The molecule has 0 bridgehead atoms. The highest BCUT2D eigenvalue weighted by Crippen LogP contribution is 2.39. The highest BCUT2D eigenvalue weighted by molar-refractivity contribution is 6.30. The lowest BCUT2D eigenvalue weighted by Crippen LogP contribution is -2.45. The van der Waals surface area contributed by atoms with Crippen LogP contribution >= 0.6 is 11.6 Å². The van der Waals surface area contributed by atoms with Gasteiger partial charge in [0.1, 0.15) is 0 Å². The van der Waals surface area contributed by atoms with Gasteiger partial charge in [-0.1, -0.05) is 36.6 Å². The van der Waals surface area contributed by atoms with Crippen molar-refractivity contribution in [2.45, 2.75) is 56.5 Å². The van der Waals surface area contributed by atoms with Crippen LogP contribution in [0.4, 0.5) is 0 Å². The van der Waals surface area contributed by atoms with Crippen LogP contribution in [0.15, 0.2) is 24.3 Å². The third kappa shape index (κ3) is 3.41. The fourth-order valence-electron chi connectivity index (χ4n) is 3.71. The van der Waals surface area contributed by atoms with Crippen molar-refractivity contribution in [2.24, 2.45) is 0 Å². The molecule has 3 rings (SSSR count). The number of hydrogen-bond donors (Lipinski definition) is 2. The highest BCUT2D eigenvalue weighted by Gasteiger charge is 2.37. The van der Waals surface area contributed by atoms with Gasteiger partial charge >= 0.3 is 0 Å². The summed E-state index contributed by atoms with van der Waals surface area (Å²) in [6, 6.07) is 8.31. The summed E-state index contributed by atoms with van der Waals surface area (Å²) >= 11 is 5.99. The topological polar surface area (TPSA) is 41.1 Å². The Balaban J connectivity index is 1.71. The molecular formula is C17H23ClN2O. The summed E-state index contributed by atoms with van der Waals surface area (Å²) in [6.45, 7) is 1.04. The van der Waals surface area contributed by atoms with Crippen molar-refractivity contribution in [3.63, 3.8) is 0 Å². The smallest absolute Gasteiger partial charge is 0.222 e. The second-order valence-corrected chi connectivity index (χ2v) is 6.78. The number of nitrogens with one attached hydrogen (secondary N) is 2. The van der Waals surface area contributed by atoms with Crippen LogP contribution in [-0.4, -0.2) is 18.5 Å². The van der Waals surface area contributed by atoms with Gasteiger partial charge in [0.15, 0.2) is 0 Å². The van der Waals surface area contributed by atoms with E-state index in [-0.39, 0.29) is 11.4 Å². The Morgan fingerprint density at radius 2 is 1.95 bits per heavy atom. The van der Waals surface area contributed by atoms with Gasteiger partial charge in [-0.05, 0) is 49.9 Å². The molecule has 1 saturated heterocycles. The van der Waals surface area contributed by atoms with Crippen LogP contribution < -0.4 is 10.6 Å². The summed E-state index contributed by atoms with van der Waals surface area (Å²) in [5.74, 6) is 0.172. The number of amides is 1. The van der Waals surface area contributed by atoms with Gasteiger partial charge < -0.3 is 10.6 Å². The molecule has 1 amide bonds. The second kappa shape index (κ2) is 6.37. The van der Waals surface area contributed by atoms with E-state index in [4.69, 9.17) is 11.6 Å². The number of hydrogen-bond acceptors (Lipinski definition) is 2. The zero-order valence-corrected chi connectivity index (χ0v) is 13.1. The van der Waals surface area contributed by atoms with Crippen LogP contribution in [0, 0.1) is 0 Å². The predicted octanol–water partition coefficient (Wildman–Crippen LogP) is 3.37. The lowest BCUT2D eigenvalue weighted by Gasteiger charge is -2.31. The Hall–Kier alpha value is -1.06. The van der Waals surface area contributed by atoms with E-state index in [9.17, 15) is 4.79 Å². The molecular weight excluding hydrogens is 284 g/mol. The van der Waals surface area contributed by atoms with Crippen LogP contribution in [0.1, 0.15) is 50.5 Å². The Morgan fingerprint density at radius 1 is 1.24 bits per heavy atom. The third-order valence-corrected chi connectivity index (χ3v) is 5.08. The van der Waals surface area contributed by atoms with Gasteiger partial charge in [-0.15, -0.1) is 0 Å². The number of benzene rings is 1. The normalized spacial score (nSPS) is 24.1. The van der Waals surface area contributed by atoms with Gasteiger partial charge in [0.05, 0.1) is 5.54 Å². The van der Waals surface area contributed by atoms with Crippen molar-refractivity contribution in [3.8, 4) is 0 Å². The summed E-state index contributed by atoms with van der Waals surface area (Å²) in [4.78, 5) is 12.4. The average Bonchev–Trinajstić information content (AvgIpc) is 3.12. The predicted molar refractivity (Wildman–Crippen MR) is 85.4 cm³/mol. The van der Waals surface area contributed by atoms with Crippen molar-refractivity contribution < 1.29 is 4.79 Å². The summed E-state index contributed by atoms with van der Waals surface area (Å²) in [6.07, 6.45) is 7.28. The first-order chi connectivity index (χ1) is 10.2. The molecule has 4 heteroatoms. The van der Waals surface area contributed by atoms with Crippen LogP contribution in [-0.2, 0) is 10.3 Å². The molecule has 1 aromatic rings. The van der Waals surface area contributed by atoms with E-state index in [1.54, 1.807) is 0 Å². The minimum absolute atomic E-state index is 0.172. The number of carbonyl (C=O) groups excluding carboxylic acids is 1. The van der Waals surface area contributed by atoms with Gasteiger partial charge in [0.2, 0.25) is 5.91 Å². The largest absolute Gasteiger partial charge is 0.347 e. The first-order valence-electron chi connectivity index (χ1n) is 7.98. The van der Waals surface area contributed by atoms with Gasteiger partial charge in [-0.3, -0.25) is 4.79 Å². The lowest BCUT2D eigenvalue weighted by molar-refractivity contribution is -0.123. The lowest BCUT2D eigenvalue weighted by atomic mass is 9.88. The number of rotatable bonds is 4. The standard InChI is InChI=1S/C17H23ClN2O/c18-14-7-5-13(6-8-14)17(9-1-2-10-17)20-16(21)12-15-4-3-11-19-15/h5-8,15,19H,1-4,9-12H2,(H,20,21). The van der Waals surface area contributed by atoms with Crippen LogP contribution in [0.3, 0.4) is 0 Å². The molecule has 3 nitrogen and oxygen atoms in total. The van der Waals surface area contributed by atoms with E-state index in [0.29, 0.717) is 12.5 Å². The molecule has 1 heterocycles. The molecule has 1 aliphatic carbocycles. The van der Waals surface area contributed by atoms with E-state index < -0.39 is 0 Å². The zero-order chi connectivity index (χ0) is 14.7. The van der Waals surface area contributed by atoms with E-state index in [0.717, 1.165) is 30.8 Å². The SMILES string of the molecule is O=C(CC1CCCN1)NC1(c2ccc(Cl)cc2)CCCC1. The molecule has 1 unspecified atom stereocenters. The zero-order valence-electron chi connectivity index (χ0n) is 12.3. The second-order valence-electron chi connectivity index (χ2n) is 6.34. The molecule has 114 valence electrons. The van der Waals surface area contributed by atoms with Gasteiger partial charge in [-0.25, -0.2) is 0 Å². The molecule has 21 heavy (non-hydrogen) atoms.